The number of β-amino-alcohol motifs (C(OH)–C–C–N with tert-alkyl or cyclic N) is 1. The number of nitrogens with one attached hydrogen (secondary N) is 1. The van der Waals surface area contributed by atoms with Crippen LogP contribution >= 0.6 is 0 Å². The Morgan fingerprint density at radius 2 is 1.97 bits per heavy atom. The molecule has 2 saturated heterocycles. The maximum Gasteiger partial charge on any atom is 0.325 e. The van der Waals surface area contributed by atoms with Crippen LogP contribution in [0.25, 0.3) is 11.2 Å². The summed E-state index contributed by atoms with van der Waals surface area (Å²) in [5.74, 6) is -0.232. The van der Waals surface area contributed by atoms with Crippen molar-refractivity contribution >= 4 is 34.8 Å². The summed E-state index contributed by atoms with van der Waals surface area (Å²) in [6.07, 6.45) is 5.44. The first-order valence-corrected chi connectivity index (χ1v) is 12.4. The minimum atomic E-state index is -1.36. The zero-order chi connectivity index (χ0) is 25.7. The minimum absolute atomic E-state index is 0.0478. The van der Waals surface area contributed by atoms with Crippen molar-refractivity contribution < 1.29 is 24.6 Å². The third kappa shape index (κ3) is 4.15. The van der Waals surface area contributed by atoms with Crippen molar-refractivity contribution in [1.29, 1.82) is 0 Å². The molecule has 2 aliphatic heterocycles. The van der Waals surface area contributed by atoms with Crippen LogP contribution in [0.1, 0.15) is 57.9 Å². The molecule has 5 rings (SSSR count). The molecule has 2 aromatic heterocycles. The molecule has 1 saturated carbocycles. The first-order chi connectivity index (χ1) is 17.1. The van der Waals surface area contributed by atoms with Crippen LogP contribution in [-0.2, 0) is 9.59 Å². The first-order valence-electron chi connectivity index (χ1n) is 12.4. The summed E-state index contributed by atoms with van der Waals surface area (Å²) >= 11 is 0. The van der Waals surface area contributed by atoms with Crippen molar-refractivity contribution in [2.45, 2.75) is 75.2 Å². The summed E-state index contributed by atoms with van der Waals surface area (Å²) in [6, 6.07) is -1.05. The van der Waals surface area contributed by atoms with E-state index < -0.39 is 29.3 Å². The normalized spacial score (nSPS) is 28.2. The maximum atomic E-state index is 13.2. The number of urea groups is 1. The number of likely N-dealkylation sites (tertiary alicyclic amines) is 1. The lowest BCUT2D eigenvalue weighted by atomic mass is 9.91. The van der Waals surface area contributed by atoms with Gasteiger partial charge in [-0.15, -0.1) is 0 Å². The number of nitrogens with zero attached hydrogens (tertiary/aromatic N) is 6. The Balaban J connectivity index is 1.28. The second kappa shape index (κ2) is 8.96. The fourth-order valence-corrected chi connectivity index (χ4v) is 5.84. The van der Waals surface area contributed by atoms with Crippen LogP contribution < -0.4 is 11.1 Å². The van der Waals surface area contributed by atoms with Gasteiger partial charge < -0.3 is 30.7 Å². The second-order valence-electron chi connectivity index (χ2n) is 10.4. The SMILES string of the molecule is C[C@]1(O)C[C@@H](O)CN(C(=O)CCCN2C(=O)NC3(CCCC3)C2=O)C[C@@H]1n1cnc2c(N)ncnc21. The Morgan fingerprint density at radius 3 is 2.72 bits per heavy atom. The number of aliphatic hydroxyl groups is 2. The average molecular weight is 501 g/mol. The van der Waals surface area contributed by atoms with Crippen molar-refractivity contribution in [2.24, 2.45) is 0 Å². The molecular formula is C23H32N8O5. The molecule has 5 N–H and O–H groups in total. The smallest absolute Gasteiger partial charge is 0.325 e. The van der Waals surface area contributed by atoms with Crippen LogP contribution in [0, 0.1) is 0 Å². The molecule has 194 valence electrons. The number of fused-ring (bicyclic) bond motifs is 1. The Morgan fingerprint density at radius 1 is 1.22 bits per heavy atom. The molecule has 1 aliphatic carbocycles. The van der Waals surface area contributed by atoms with Crippen LogP contribution in [0.2, 0.25) is 0 Å². The number of carbonyl (C=O) groups excluding carboxylic acids is 3. The van der Waals surface area contributed by atoms with E-state index in [2.05, 4.69) is 20.3 Å². The Kier molecular flexibility index (Phi) is 6.07. The summed E-state index contributed by atoms with van der Waals surface area (Å²) in [5, 5.41) is 24.7. The lowest BCUT2D eigenvalue weighted by Crippen LogP contribution is -2.44. The quantitative estimate of drug-likeness (QED) is 0.409. The van der Waals surface area contributed by atoms with Crippen molar-refractivity contribution in [3.63, 3.8) is 0 Å². The summed E-state index contributed by atoms with van der Waals surface area (Å²) in [6.45, 7) is 1.94. The summed E-state index contributed by atoms with van der Waals surface area (Å²) < 4.78 is 1.67. The molecule has 2 aromatic rings. The van der Waals surface area contributed by atoms with E-state index in [0.29, 0.717) is 30.4 Å². The highest BCUT2D eigenvalue weighted by atomic mass is 16.3. The molecule has 0 bridgehead atoms. The van der Waals surface area contributed by atoms with Gasteiger partial charge in [0.25, 0.3) is 5.91 Å². The first kappa shape index (κ1) is 24.4. The van der Waals surface area contributed by atoms with E-state index in [1.165, 1.54) is 22.5 Å². The molecule has 0 aromatic carbocycles. The van der Waals surface area contributed by atoms with Gasteiger partial charge in [-0.3, -0.25) is 14.5 Å². The second-order valence-corrected chi connectivity index (χ2v) is 10.4. The largest absolute Gasteiger partial charge is 0.391 e. The van der Waals surface area contributed by atoms with E-state index in [1.807, 2.05) is 0 Å². The molecular weight excluding hydrogens is 468 g/mol. The number of imide groups is 1. The van der Waals surface area contributed by atoms with E-state index >= 15 is 0 Å². The maximum absolute atomic E-state index is 13.2. The number of amides is 4. The van der Waals surface area contributed by atoms with Gasteiger partial charge in [0.1, 0.15) is 17.4 Å². The van der Waals surface area contributed by atoms with Crippen molar-refractivity contribution in [3.05, 3.63) is 12.7 Å². The monoisotopic (exact) mass is 500 g/mol. The molecule has 13 heteroatoms. The number of aliphatic hydroxyl groups excluding tert-OH is 1. The molecule has 36 heavy (non-hydrogen) atoms. The predicted molar refractivity (Wildman–Crippen MR) is 127 cm³/mol. The van der Waals surface area contributed by atoms with Crippen LogP contribution in [-0.4, -0.2) is 94.3 Å². The number of nitrogens with two attached hydrogens (primary N) is 1. The van der Waals surface area contributed by atoms with E-state index in [-0.39, 0.29) is 50.1 Å². The lowest BCUT2D eigenvalue weighted by Gasteiger charge is -2.34. The number of hydrogen-bond donors (Lipinski definition) is 4. The van der Waals surface area contributed by atoms with Gasteiger partial charge in [-0.2, -0.15) is 0 Å². The highest BCUT2D eigenvalue weighted by molar-refractivity contribution is 6.07. The van der Waals surface area contributed by atoms with Gasteiger partial charge >= 0.3 is 6.03 Å². The Hall–Kier alpha value is -3.32. The minimum Gasteiger partial charge on any atom is -0.391 e. The fourth-order valence-electron chi connectivity index (χ4n) is 5.84. The molecule has 4 amide bonds. The zero-order valence-electron chi connectivity index (χ0n) is 20.3. The standard InChI is InChI=1S/C23H32N8O5/c1-22(36)9-14(32)10-29(11-15(22)31-13-27-17-18(24)25-12-26-19(17)31)16(33)5-4-8-30-20(34)23(28-21(30)35)6-2-3-7-23/h12-15,32,36H,2-11H2,1H3,(H,28,35)(H2,24,25,26)/t14-,15+,22+/m1/s1. The lowest BCUT2D eigenvalue weighted by molar-refractivity contribution is -0.134. The van der Waals surface area contributed by atoms with Crippen LogP contribution in [0.15, 0.2) is 12.7 Å². The molecule has 13 nitrogen and oxygen atoms in total. The van der Waals surface area contributed by atoms with Crippen molar-refractivity contribution in [1.82, 2.24) is 34.6 Å². The summed E-state index contributed by atoms with van der Waals surface area (Å²) in [5.41, 5.74) is 4.60. The average Bonchev–Trinajstić information content (AvgIpc) is 3.49. The van der Waals surface area contributed by atoms with Crippen molar-refractivity contribution in [3.8, 4) is 0 Å². The zero-order valence-corrected chi connectivity index (χ0v) is 20.3. The van der Waals surface area contributed by atoms with Gasteiger partial charge in [0.05, 0.1) is 24.1 Å². The van der Waals surface area contributed by atoms with E-state index in [4.69, 9.17) is 5.73 Å². The Labute approximate surface area is 207 Å². The topological polar surface area (TPSA) is 180 Å². The van der Waals surface area contributed by atoms with E-state index in [0.717, 1.165) is 12.8 Å². The molecule has 4 heterocycles. The summed E-state index contributed by atoms with van der Waals surface area (Å²) in [4.78, 5) is 53.6. The summed E-state index contributed by atoms with van der Waals surface area (Å²) in [7, 11) is 0. The third-order valence-electron chi connectivity index (χ3n) is 7.74. The van der Waals surface area contributed by atoms with Crippen LogP contribution in [0.4, 0.5) is 10.6 Å². The van der Waals surface area contributed by atoms with Gasteiger partial charge in [0.15, 0.2) is 11.5 Å². The molecule has 3 fully saturated rings. The highest BCUT2D eigenvalue weighted by Crippen LogP contribution is 2.36. The van der Waals surface area contributed by atoms with Gasteiger partial charge in [-0.25, -0.2) is 19.7 Å². The third-order valence-corrected chi connectivity index (χ3v) is 7.74. The Bertz CT molecular complexity index is 1190. The van der Waals surface area contributed by atoms with E-state index in [9.17, 15) is 24.6 Å². The number of rotatable bonds is 5. The van der Waals surface area contributed by atoms with Gasteiger partial charge in [0.2, 0.25) is 5.91 Å². The number of carbonyl (C=O) groups is 3. The predicted octanol–water partition coefficient (Wildman–Crippen LogP) is -0.0614. The van der Waals surface area contributed by atoms with Crippen LogP contribution in [0.3, 0.4) is 0 Å². The number of imidazole rings is 1. The number of nitrogen functional groups attached to an aromatic ring is 1. The number of anilines is 1. The van der Waals surface area contributed by atoms with Crippen LogP contribution in [0.5, 0.6) is 0 Å². The molecule has 1 spiro atoms. The molecule has 0 radical (unpaired) electrons. The number of aromatic nitrogens is 4. The molecule has 3 aliphatic rings. The molecule has 0 unspecified atom stereocenters. The van der Waals surface area contributed by atoms with Gasteiger partial charge in [0, 0.05) is 32.5 Å². The van der Waals surface area contributed by atoms with Gasteiger partial charge in [-0.1, -0.05) is 12.8 Å². The van der Waals surface area contributed by atoms with Crippen molar-refractivity contribution in [2.75, 3.05) is 25.4 Å². The number of hydrogen-bond acceptors (Lipinski definition) is 9. The fraction of sp³-hybridized carbons (Fsp3) is 0.652. The molecule has 3 atom stereocenters. The van der Waals surface area contributed by atoms with E-state index in [1.54, 1.807) is 11.5 Å². The highest BCUT2D eigenvalue weighted by Gasteiger charge is 2.52. The van der Waals surface area contributed by atoms with Gasteiger partial charge in [-0.05, 0) is 26.2 Å².